The van der Waals surface area contributed by atoms with E-state index in [1.165, 1.54) is 14.0 Å². The zero-order valence-electron chi connectivity index (χ0n) is 21.5. The zero-order chi connectivity index (χ0) is 25.8. The van der Waals surface area contributed by atoms with E-state index < -0.39 is 40.6 Å². The minimum absolute atomic E-state index is 0.00482. The lowest BCUT2D eigenvalue weighted by Gasteiger charge is -2.65. The van der Waals surface area contributed by atoms with Gasteiger partial charge < -0.3 is 14.2 Å². The van der Waals surface area contributed by atoms with Gasteiger partial charge in [-0.05, 0) is 31.8 Å². The lowest BCUT2D eigenvalue weighted by Crippen LogP contribution is -2.68. The van der Waals surface area contributed by atoms with Gasteiger partial charge in [0, 0.05) is 42.8 Å². The molecule has 4 aliphatic carbocycles. The van der Waals surface area contributed by atoms with Crippen molar-refractivity contribution >= 4 is 17.7 Å². The third-order valence-electron chi connectivity index (χ3n) is 8.67. The van der Waals surface area contributed by atoms with Crippen molar-refractivity contribution in [2.75, 3.05) is 7.11 Å². The van der Waals surface area contributed by atoms with Crippen LogP contribution >= 0.6 is 0 Å². The Labute approximate surface area is 207 Å². The topological polar surface area (TPSA) is 78.9 Å². The quantitative estimate of drug-likeness (QED) is 0.466. The summed E-state index contributed by atoms with van der Waals surface area (Å²) in [5.74, 6) is 4.46. The van der Waals surface area contributed by atoms with Crippen LogP contribution in [0, 0.1) is 40.4 Å². The fourth-order valence-electron chi connectivity index (χ4n) is 7.06. The first-order valence-electron chi connectivity index (χ1n) is 12.1. The number of esters is 2. The second kappa shape index (κ2) is 8.64. The molecule has 7 atom stereocenters. The van der Waals surface area contributed by atoms with Gasteiger partial charge in [-0.25, -0.2) is 4.79 Å². The number of methoxy groups -OCH3 is 1. The van der Waals surface area contributed by atoms with Crippen molar-refractivity contribution in [3.63, 3.8) is 0 Å². The minimum Gasteiger partial charge on any atom is -0.462 e. The normalized spacial score (nSPS) is 34.1. The van der Waals surface area contributed by atoms with Crippen molar-refractivity contribution in [1.82, 2.24) is 0 Å². The number of ketones is 1. The number of rotatable bonds is 5. The molecule has 0 unspecified atom stereocenters. The van der Waals surface area contributed by atoms with Crippen molar-refractivity contribution in [2.45, 2.75) is 65.8 Å². The molecular weight excluding hydrogens is 444 g/mol. The first kappa shape index (κ1) is 25.2. The fraction of sp³-hybridized carbons (Fsp3) is 0.552. The third-order valence-corrected chi connectivity index (χ3v) is 8.67. The lowest BCUT2D eigenvalue weighted by molar-refractivity contribution is -0.211. The molecule has 3 fully saturated rings. The van der Waals surface area contributed by atoms with Gasteiger partial charge in [-0.3, -0.25) is 9.59 Å². The molecule has 5 rings (SSSR count). The maximum absolute atomic E-state index is 13.9. The first-order valence-corrected chi connectivity index (χ1v) is 12.1. The Balaban J connectivity index is 1.80. The van der Waals surface area contributed by atoms with Gasteiger partial charge in [0.05, 0.1) is 0 Å². The maximum Gasteiger partial charge on any atom is 0.356 e. The van der Waals surface area contributed by atoms with E-state index in [-0.39, 0.29) is 23.5 Å². The molecule has 3 saturated carbocycles. The molecule has 1 aromatic rings. The average molecular weight is 479 g/mol. The monoisotopic (exact) mass is 478 g/mol. The molecule has 6 nitrogen and oxygen atoms in total. The highest BCUT2D eigenvalue weighted by molar-refractivity contribution is 5.97. The summed E-state index contributed by atoms with van der Waals surface area (Å²) >= 11 is 0. The predicted octanol–water partition coefficient (Wildman–Crippen LogP) is 4.22. The SMILES string of the molecule is CC#C[C@@](OC)(C(=O)O[C@@H]1C[C@@H](OC(C)=O)C(C)(C)[C@@H]2[C@H]3C(=O)C=C(C)[C@@H]2[C@]31C)c1ccccc1. The Morgan fingerprint density at radius 3 is 2.26 bits per heavy atom. The molecule has 0 spiro atoms. The molecule has 0 amide bonds. The zero-order valence-corrected chi connectivity index (χ0v) is 21.5. The number of hydrogen-bond acceptors (Lipinski definition) is 6. The molecule has 6 heteroatoms. The number of ether oxygens (including phenoxy) is 3. The van der Waals surface area contributed by atoms with Crippen LogP contribution in [0.4, 0.5) is 0 Å². The minimum atomic E-state index is -1.61. The number of carbonyl (C=O) groups is 3. The summed E-state index contributed by atoms with van der Waals surface area (Å²) in [5.41, 5.74) is -1.15. The third kappa shape index (κ3) is 3.55. The second-order valence-corrected chi connectivity index (χ2v) is 10.8. The molecule has 35 heavy (non-hydrogen) atoms. The second-order valence-electron chi connectivity index (χ2n) is 10.8. The molecule has 0 heterocycles. The Kier molecular flexibility index (Phi) is 6.22. The molecule has 4 aliphatic rings. The highest BCUT2D eigenvalue weighted by atomic mass is 16.6. The molecule has 0 radical (unpaired) electrons. The van der Waals surface area contributed by atoms with Gasteiger partial charge in [0.15, 0.2) is 5.78 Å². The molecular formula is C29H34O6. The van der Waals surface area contributed by atoms with Crippen LogP contribution in [-0.2, 0) is 34.2 Å². The van der Waals surface area contributed by atoms with E-state index in [1.54, 1.807) is 25.1 Å². The number of fused-ring (bicyclic) bond motifs is 3. The smallest absolute Gasteiger partial charge is 0.356 e. The van der Waals surface area contributed by atoms with Gasteiger partial charge in [-0.2, -0.15) is 0 Å². The average Bonchev–Trinajstić information content (AvgIpc) is 2.90. The van der Waals surface area contributed by atoms with Crippen molar-refractivity contribution < 1.29 is 28.6 Å². The van der Waals surface area contributed by atoms with Gasteiger partial charge in [-0.15, -0.1) is 5.92 Å². The Hall–Kier alpha value is -2.91. The molecule has 4 bridgehead atoms. The molecule has 0 aromatic heterocycles. The molecule has 0 saturated heterocycles. The number of hydrogen-bond donors (Lipinski definition) is 0. The van der Waals surface area contributed by atoms with Crippen LogP contribution in [-0.4, -0.2) is 37.0 Å². The van der Waals surface area contributed by atoms with Crippen LogP contribution in [0.15, 0.2) is 42.0 Å². The van der Waals surface area contributed by atoms with Gasteiger partial charge in [-0.1, -0.05) is 62.6 Å². The fourth-order valence-corrected chi connectivity index (χ4v) is 7.06. The van der Waals surface area contributed by atoms with Crippen molar-refractivity contribution in [3.8, 4) is 11.8 Å². The van der Waals surface area contributed by atoms with Crippen LogP contribution in [0.1, 0.15) is 53.5 Å². The van der Waals surface area contributed by atoms with E-state index >= 15 is 0 Å². The van der Waals surface area contributed by atoms with Crippen LogP contribution in [0.2, 0.25) is 0 Å². The summed E-state index contributed by atoms with van der Waals surface area (Å²) in [6, 6.07) is 9.03. The molecule has 0 aliphatic heterocycles. The van der Waals surface area contributed by atoms with Crippen molar-refractivity contribution in [1.29, 1.82) is 0 Å². The summed E-state index contributed by atoms with van der Waals surface area (Å²) in [7, 11) is 1.43. The first-order chi connectivity index (χ1) is 16.4. The Morgan fingerprint density at radius 1 is 1.06 bits per heavy atom. The Morgan fingerprint density at radius 2 is 1.71 bits per heavy atom. The van der Waals surface area contributed by atoms with Crippen molar-refractivity contribution in [2.24, 2.45) is 28.6 Å². The number of carbonyl (C=O) groups excluding carboxylic acids is 3. The highest BCUT2D eigenvalue weighted by Gasteiger charge is 2.74. The van der Waals surface area contributed by atoms with Gasteiger partial charge in [0.2, 0.25) is 0 Å². The Bertz CT molecular complexity index is 1140. The van der Waals surface area contributed by atoms with Crippen molar-refractivity contribution in [3.05, 3.63) is 47.5 Å². The summed E-state index contributed by atoms with van der Waals surface area (Å²) in [6.45, 7) is 11.1. The standard InChI is InChI=1S/C29H34O6/c1-8-14-29(33-7,19-12-10-9-11-13-19)26(32)35-22-16-21(34-18(3)30)27(4,5)25-23-17(2)15-20(31)24(25)28(22,23)6/h9-13,15,21-25H,16H2,1-7H3/t21-,22-,23+,24-,25+,28-,29+/m1/s1. The van der Waals surface area contributed by atoms with Gasteiger partial charge in [0.25, 0.3) is 5.60 Å². The summed E-state index contributed by atoms with van der Waals surface area (Å²) < 4.78 is 17.8. The molecule has 186 valence electrons. The summed E-state index contributed by atoms with van der Waals surface area (Å²) in [5, 5.41) is 0. The van der Waals surface area contributed by atoms with Crippen LogP contribution in [0.25, 0.3) is 0 Å². The van der Waals surface area contributed by atoms with E-state index in [9.17, 15) is 14.4 Å². The predicted molar refractivity (Wildman–Crippen MR) is 130 cm³/mol. The van der Waals surface area contributed by atoms with E-state index in [1.807, 2.05) is 45.9 Å². The number of allylic oxidation sites excluding steroid dienone is 2. The summed E-state index contributed by atoms with van der Waals surface area (Å²) in [6.07, 6.45) is 0.840. The van der Waals surface area contributed by atoms with Crippen LogP contribution < -0.4 is 0 Å². The van der Waals surface area contributed by atoms with Crippen LogP contribution in [0.3, 0.4) is 0 Å². The van der Waals surface area contributed by atoms with E-state index in [0.29, 0.717) is 12.0 Å². The van der Waals surface area contributed by atoms with Gasteiger partial charge in [0.1, 0.15) is 12.2 Å². The van der Waals surface area contributed by atoms with E-state index in [2.05, 4.69) is 11.8 Å². The molecule has 1 aromatic carbocycles. The van der Waals surface area contributed by atoms with E-state index in [4.69, 9.17) is 14.2 Å². The van der Waals surface area contributed by atoms with E-state index in [0.717, 1.165) is 5.57 Å². The maximum atomic E-state index is 13.9. The van der Waals surface area contributed by atoms with Gasteiger partial charge >= 0.3 is 11.9 Å². The number of benzene rings is 1. The summed E-state index contributed by atoms with van der Waals surface area (Å²) in [4.78, 5) is 39.2. The lowest BCUT2D eigenvalue weighted by atomic mass is 9.37. The largest absolute Gasteiger partial charge is 0.462 e. The highest BCUT2D eigenvalue weighted by Crippen LogP contribution is 2.72. The molecule has 0 N–H and O–H groups in total. The van der Waals surface area contributed by atoms with Crippen LogP contribution in [0.5, 0.6) is 0 Å².